The molecule has 0 saturated heterocycles. The topological polar surface area (TPSA) is 93.9 Å². The molecule has 2 aromatic carbocycles. The Hall–Kier alpha value is -2.65. The fourth-order valence-corrected chi connectivity index (χ4v) is 5.53. The molecule has 0 fully saturated rings. The van der Waals surface area contributed by atoms with E-state index >= 15 is 0 Å². The quantitative estimate of drug-likeness (QED) is 0.464. The molecule has 3 aromatic rings. The number of sulfone groups is 1. The van der Waals surface area contributed by atoms with Crippen molar-refractivity contribution in [2.75, 3.05) is 5.32 Å². The lowest BCUT2D eigenvalue weighted by Gasteiger charge is -2.15. The first-order valence-corrected chi connectivity index (χ1v) is 13.0. The molecule has 1 heterocycles. The van der Waals surface area contributed by atoms with Gasteiger partial charge in [0, 0.05) is 12.2 Å². The summed E-state index contributed by atoms with van der Waals surface area (Å²) in [6.45, 7) is 8.38. The number of nitrogens with zero attached hydrogens (tertiary/aromatic N) is 3. The molecule has 1 aromatic heterocycles. The molecule has 0 aliphatic heterocycles. The predicted octanol–water partition coefficient (Wildman–Crippen LogP) is 4.40. The summed E-state index contributed by atoms with van der Waals surface area (Å²) in [6.07, 6.45) is 0.593. The highest BCUT2D eigenvalue weighted by Gasteiger charge is 2.25. The van der Waals surface area contributed by atoms with Crippen LogP contribution >= 0.6 is 11.8 Å². The van der Waals surface area contributed by atoms with Gasteiger partial charge in [-0.05, 0) is 62.6 Å². The summed E-state index contributed by atoms with van der Waals surface area (Å²) in [5.74, 6) is -0.00234. The number of aromatic nitrogens is 3. The van der Waals surface area contributed by atoms with Gasteiger partial charge in [-0.3, -0.25) is 4.79 Å². The average molecular weight is 473 g/mol. The molecule has 0 saturated carbocycles. The van der Waals surface area contributed by atoms with E-state index in [0.29, 0.717) is 23.9 Å². The molecule has 170 valence electrons. The maximum Gasteiger partial charge on any atom is 0.237 e. The molecule has 1 atom stereocenters. The first-order valence-electron chi connectivity index (χ1n) is 10.5. The van der Waals surface area contributed by atoms with Gasteiger partial charge in [0.15, 0.2) is 15.0 Å². The smallest absolute Gasteiger partial charge is 0.237 e. The van der Waals surface area contributed by atoms with Crippen molar-refractivity contribution >= 4 is 33.2 Å². The van der Waals surface area contributed by atoms with Gasteiger partial charge in [0.2, 0.25) is 5.91 Å². The van der Waals surface area contributed by atoms with Gasteiger partial charge in [0.05, 0.1) is 10.1 Å². The van der Waals surface area contributed by atoms with Crippen LogP contribution in [0.4, 0.5) is 5.69 Å². The van der Waals surface area contributed by atoms with Crippen LogP contribution in [0.3, 0.4) is 0 Å². The van der Waals surface area contributed by atoms with Crippen LogP contribution in [0.1, 0.15) is 37.2 Å². The van der Waals surface area contributed by atoms with Crippen LogP contribution in [-0.4, -0.2) is 34.3 Å². The van der Waals surface area contributed by atoms with Gasteiger partial charge in [0.25, 0.3) is 0 Å². The van der Waals surface area contributed by atoms with Gasteiger partial charge < -0.3 is 9.88 Å². The summed E-state index contributed by atoms with van der Waals surface area (Å²) in [5, 5.41) is 11.5. The second kappa shape index (κ2) is 10.3. The maximum absolute atomic E-state index is 12.9. The van der Waals surface area contributed by atoms with E-state index in [-0.39, 0.29) is 21.8 Å². The second-order valence-electron chi connectivity index (χ2n) is 7.52. The van der Waals surface area contributed by atoms with Crippen LogP contribution < -0.4 is 5.32 Å². The number of carbonyl (C=O) groups is 1. The van der Waals surface area contributed by atoms with Crippen LogP contribution in [0.5, 0.6) is 0 Å². The Bertz CT molecular complexity index is 1190. The van der Waals surface area contributed by atoms with Crippen molar-refractivity contribution in [3.8, 4) is 0 Å². The van der Waals surface area contributed by atoms with E-state index in [1.807, 2.05) is 45.9 Å². The number of nitrogens with one attached hydrogen (secondary N) is 1. The predicted molar refractivity (Wildman–Crippen MR) is 128 cm³/mol. The van der Waals surface area contributed by atoms with E-state index in [1.165, 1.54) is 17.3 Å². The molecular weight excluding hydrogens is 444 g/mol. The van der Waals surface area contributed by atoms with Gasteiger partial charge in [0.1, 0.15) is 11.6 Å². The van der Waals surface area contributed by atoms with Crippen molar-refractivity contribution in [3.05, 3.63) is 65.5 Å². The highest BCUT2D eigenvalue weighted by molar-refractivity contribution is 8.00. The van der Waals surface area contributed by atoms with E-state index in [4.69, 9.17) is 0 Å². The lowest BCUT2D eigenvalue weighted by Crippen LogP contribution is -2.25. The monoisotopic (exact) mass is 472 g/mol. The zero-order chi connectivity index (χ0) is 23.3. The molecule has 9 heteroatoms. The Kier molecular flexibility index (Phi) is 7.73. The van der Waals surface area contributed by atoms with Crippen LogP contribution in [0.15, 0.2) is 58.6 Å². The van der Waals surface area contributed by atoms with Crippen molar-refractivity contribution in [3.63, 3.8) is 0 Å². The van der Waals surface area contributed by atoms with Gasteiger partial charge in [-0.2, -0.15) is 0 Å². The van der Waals surface area contributed by atoms with Gasteiger partial charge >= 0.3 is 0 Å². The fraction of sp³-hybridized carbons (Fsp3) is 0.348. The van der Waals surface area contributed by atoms with Crippen molar-refractivity contribution in [2.45, 2.75) is 61.7 Å². The first-order chi connectivity index (χ1) is 15.2. The molecule has 1 amide bonds. The molecule has 0 radical (unpaired) electrons. The zero-order valence-electron chi connectivity index (χ0n) is 18.7. The number of amides is 1. The maximum atomic E-state index is 12.9. The minimum absolute atomic E-state index is 0.120. The second-order valence-corrected chi connectivity index (χ2v) is 10.7. The lowest BCUT2D eigenvalue weighted by molar-refractivity contribution is -0.115. The number of hydrogen-bond donors (Lipinski definition) is 1. The zero-order valence-corrected chi connectivity index (χ0v) is 20.3. The van der Waals surface area contributed by atoms with Crippen molar-refractivity contribution in [2.24, 2.45) is 0 Å². The third kappa shape index (κ3) is 5.58. The molecule has 7 nitrogen and oxygen atoms in total. The molecule has 1 unspecified atom stereocenters. The van der Waals surface area contributed by atoms with Crippen LogP contribution in [-0.2, 0) is 26.9 Å². The lowest BCUT2D eigenvalue weighted by atomic mass is 10.1. The number of benzene rings is 2. The van der Waals surface area contributed by atoms with E-state index in [0.717, 1.165) is 11.3 Å². The standard InChI is InChI=1S/C23H28N4O3S2/c1-5-20(22(28)24-18-13-12-16(3)17(4)14-18)31-23-26-25-21(27(23)6-2)15-32(29,30)19-10-8-7-9-11-19/h7-14,20H,5-6,15H2,1-4H3,(H,24,28). The molecule has 3 rings (SSSR count). The van der Waals surface area contributed by atoms with E-state index in [2.05, 4.69) is 15.5 Å². The third-order valence-corrected chi connectivity index (χ3v) is 8.19. The highest BCUT2D eigenvalue weighted by Crippen LogP contribution is 2.27. The van der Waals surface area contributed by atoms with Crippen LogP contribution in [0.25, 0.3) is 0 Å². The number of rotatable bonds is 9. The minimum Gasteiger partial charge on any atom is -0.325 e. The number of anilines is 1. The summed E-state index contributed by atoms with van der Waals surface area (Å²) >= 11 is 1.30. The number of thioether (sulfide) groups is 1. The number of carbonyl (C=O) groups excluding carboxylic acids is 1. The Morgan fingerprint density at radius 3 is 2.41 bits per heavy atom. The summed E-state index contributed by atoms with van der Waals surface area (Å²) in [6, 6.07) is 14.1. The summed E-state index contributed by atoms with van der Waals surface area (Å²) < 4.78 is 27.3. The molecular formula is C23H28N4O3S2. The third-order valence-electron chi connectivity index (χ3n) is 5.22. The summed E-state index contributed by atoms with van der Waals surface area (Å²) in [7, 11) is -3.54. The molecule has 0 aliphatic rings. The molecule has 32 heavy (non-hydrogen) atoms. The summed E-state index contributed by atoms with van der Waals surface area (Å²) in [5.41, 5.74) is 3.03. The molecule has 1 N–H and O–H groups in total. The Labute approximate surface area is 193 Å². The van der Waals surface area contributed by atoms with Crippen LogP contribution in [0.2, 0.25) is 0 Å². The summed E-state index contributed by atoms with van der Waals surface area (Å²) in [4.78, 5) is 13.1. The minimum atomic E-state index is -3.54. The van der Waals surface area contributed by atoms with Crippen molar-refractivity contribution in [1.82, 2.24) is 14.8 Å². The number of hydrogen-bond acceptors (Lipinski definition) is 6. The fourth-order valence-electron chi connectivity index (χ4n) is 3.20. The van der Waals surface area contributed by atoms with E-state index < -0.39 is 9.84 Å². The van der Waals surface area contributed by atoms with Crippen LogP contribution in [0, 0.1) is 13.8 Å². The van der Waals surface area contributed by atoms with Crippen molar-refractivity contribution in [1.29, 1.82) is 0 Å². The Morgan fingerprint density at radius 1 is 1.06 bits per heavy atom. The van der Waals surface area contributed by atoms with Gasteiger partial charge in [-0.1, -0.05) is 43.0 Å². The average Bonchev–Trinajstić information content (AvgIpc) is 3.15. The van der Waals surface area contributed by atoms with Gasteiger partial charge in [-0.15, -0.1) is 10.2 Å². The largest absolute Gasteiger partial charge is 0.325 e. The normalized spacial score (nSPS) is 12.5. The van der Waals surface area contributed by atoms with E-state index in [9.17, 15) is 13.2 Å². The van der Waals surface area contributed by atoms with E-state index in [1.54, 1.807) is 34.9 Å². The first kappa shape index (κ1) is 24.0. The Morgan fingerprint density at radius 2 is 1.78 bits per heavy atom. The molecule has 0 bridgehead atoms. The van der Waals surface area contributed by atoms with Crippen molar-refractivity contribution < 1.29 is 13.2 Å². The van der Waals surface area contributed by atoms with Gasteiger partial charge in [-0.25, -0.2) is 8.42 Å². The highest BCUT2D eigenvalue weighted by atomic mass is 32.2. The molecule has 0 spiro atoms. The molecule has 0 aliphatic carbocycles. The SMILES string of the molecule is CCC(Sc1nnc(CS(=O)(=O)c2ccccc2)n1CC)C(=O)Nc1ccc(C)c(C)c1. The Balaban J connectivity index is 1.76. The number of aryl methyl sites for hydroxylation is 2.